The van der Waals surface area contributed by atoms with Crippen molar-refractivity contribution in [3.63, 3.8) is 0 Å². The summed E-state index contributed by atoms with van der Waals surface area (Å²) < 4.78 is 26.5. The fourth-order valence-corrected chi connectivity index (χ4v) is 2.89. The number of carbonyl (C=O) groups is 2. The zero-order valence-electron chi connectivity index (χ0n) is 16.0. The van der Waals surface area contributed by atoms with Gasteiger partial charge in [-0.25, -0.2) is 9.59 Å². The first-order valence-electron chi connectivity index (χ1n) is 8.97. The molecule has 1 fully saturated rings. The van der Waals surface area contributed by atoms with E-state index in [4.69, 9.17) is 23.7 Å². The van der Waals surface area contributed by atoms with E-state index >= 15 is 0 Å². The second-order valence-electron chi connectivity index (χ2n) is 6.34. The van der Waals surface area contributed by atoms with Crippen LogP contribution in [0.25, 0.3) is 0 Å². The highest BCUT2D eigenvalue weighted by atomic mass is 16.7. The van der Waals surface area contributed by atoms with Crippen LogP contribution in [0, 0.1) is 0 Å². The van der Waals surface area contributed by atoms with Crippen LogP contribution >= 0.6 is 0 Å². The van der Waals surface area contributed by atoms with E-state index in [0.29, 0.717) is 11.3 Å². The molecule has 154 valence electrons. The highest BCUT2D eigenvalue weighted by Gasteiger charge is 2.44. The predicted octanol–water partition coefficient (Wildman–Crippen LogP) is 1.81. The fourth-order valence-electron chi connectivity index (χ4n) is 2.89. The number of methoxy groups -OCH3 is 2. The van der Waals surface area contributed by atoms with Crippen LogP contribution in [0.2, 0.25) is 0 Å². The van der Waals surface area contributed by atoms with Crippen molar-refractivity contribution in [2.75, 3.05) is 20.8 Å². The highest BCUT2D eigenvalue weighted by Crippen LogP contribution is 2.24. The summed E-state index contributed by atoms with van der Waals surface area (Å²) in [5.41, 5.74) is 0.594. The van der Waals surface area contributed by atoms with Gasteiger partial charge in [-0.15, -0.1) is 0 Å². The maximum atomic E-state index is 12.5. The minimum atomic E-state index is -1.33. The van der Waals surface area contributed by atoms with E-state index in [1.54, 1.807) is 42.5 Å². The van der Waals surface area contributed by atoms with Gasteiger partial charge < -0.3 is 28.8 Å². The van der Waals surface area contributed by atoms with Crippen molar-refractivity contribution in [2.24, 2.45) is 0 Å². The van der Waals surface area contributed by atoms with Crippen molar-refractivity contribution < 1.29 is 38.4 Å². The average Bonchev–Trinajstić information content (AvgIpc) is 2.77. The second kappa shape index (κ2) is 9.51. The summed E-state index contributed by atoms with van der Waals surface area (Å²) in [6.07, 6.45) is -4.54. The highest BCUT2D eigenvalue weighted by molar-refractivity contribution is 5.90. The van der Waals surface area contributed by atoms with Crippen molar-refractivity contribution in [1.82, 2.24) is 0 Å². The Bertz CT molecular complexity index is 820. The van der Waals surface area contributed by atoms with Gasteiger partial charge in [0.05, 0.1) is 24.8 Å². The Morgan fingerprint density at radius 3 is 2.17 bits per heavy atom. The molecule has 2 aromatic rings. The zero-order chi connectivity index (χ0) is 20.8. The summed E-state index contributed by atoms with van der Waals surface area (Å²) in [7, 11) is 2.88. The summed E-state index contributed by atoms with van der Waals surface area (Å²) in [6, 6.07) is 14.7. The Kier molecular flexibility index (Phi) is 6.82. The minimum Gasteiger partial charge on any atom is -0.497 e. The van der Waals surface area contributed by atoms with E-state index in [2.05, 4.69) is 0 Å². The van der Waals surface area contributed by atoms with Gasteiger partial charge in [0.25, 0.3) is 0 Å². The van der Waals surface area contributed by atoms with Crippen LogP contribution < -0.4 is 4.74 Å². The standard InChI is InChI=1S/C21H22O8/c1-25-15-10-8-14(9-11-15)20(24)29-18-17(22)16(12-27-21(18)26-2)28-19(23)13-6-4-3-5-7-13/h3-11,16-18,21-22H,12H2,1-2H3/t16-,17+,18-,21-/m1/s1. The first-order valence-corrected chi connectivity index (χ1v) is 8.97. The lowest BCUT2D eigenvalue weighted by Crippen LogP contribution is -2.56. The molecule has 0 bridgehead atoms. The number of benzene rings is 2. The van der Waals surface area contributed by atoms with Crippen molar-refractivity contribution in [1.29, 1.82) is 0 Å². The Labute approximate surface area is 167 Å². The van der Waals surface area contributed by atoms with Crippen LogP contribution in [0.15, 0.2) is 54.6 Å². The van der Waals surface area contributed by atoms with Gasteiger partial charge >= 0.3 is 11.9 Å². The van der Waals surface area contributed by atoms with Crippen LogP contribution in [0.1, 0.15) is 20.7 Å². The van der Waals surface area contributed by atoms with E-state index in [9.17, 15) is 14.7 Å². The minimum absolute atomic E-state index is 0.102. The van der Waals surface area contributed by atoms with Crippen molar-refractivity contribution in [2.45, 2.75) is 24.6 Å². The second-order valence-corrected chi connectivity index (χ2v) is 6.34. The Hall–Kier alpha value is -2.94. The predicted molar refractivity (Wildman–Crippen MR) is 101 cm³/mol. The Morgan fingerprint density at radius 1 is 0.931 bits per heavy atom. The fraction of sp³-hybridized carbons (Fsp3) is 0.333. The van der Waals surface area contributed by atoms with E-state index in [1.807, 2.05) is 0 Å². The van der Waals surface area contributed by atoms with Crippen molar-refractivity contribution in [3.05, 3.63) is 65.7 Å². The molecule has 0 aliphatic carbocycles. The van der Waals surface area contributed by atoms with Crippen LogP contribution in [-0.2, 0) is 18.9 Å². The number of ether oxygens (including phenoxy) is 5. The molecule has 3 rings (SSSR count). The molecule has 1 aliphatic heterocycles. The van der Waals surface area contributed by atoms with E-state index in [1.165, 1.54) is 26.4 Å². The first-order chi connectivity index (χ1) is 14.0. The maximum absolute atomic E-state index is 12.5. The van der Waals surface area contributed by atoms with Gasteiger partial charge in [-0.3, -0.25) is 0 Å². The van der Waals surface area contributed by atoms with E-state index < -0.39 is 36.5 Å². The molecule has 1 saturated heterocycles. The third-order valence-electron chi connectivity index (χ3n) is 4.48. The smallest absolute Gasteiger partial charge is 0.338 e. The number of rotatable bonds is 6. The number of hydrogen-bond donors (Lipinski definition) is 1. The molecule has 8 nitrogen and oxygen atoms in total. The monoisotopic (exact) mass is 402 g/mol. The Balaban J connectivity index is 1.69. The maximum Gasteiger partial charge on any atom is 0.338 e. The SMILES string of the molecule is COc1ccc(C(=O)O[C@H]2[C@H](OC)OC[C@@H](OC(=O)c3ccccc3)[C@@H]2O)cc1. The first kappa shape index (κ1) is 20.8. The quantitative estimate of drug-likeness (QED) is 0.731. The van der Waals surface area contributed by atoms with Gasteiger partial charge in [-0.2, -0.15) is 0 Å². The molecule has 0 saturated carbocycles. The summed E-state index contributed by atoms with van der Waals surface area (Å²) in [6.45, 7) is -0.102. The number of hydrogen-bond acceptors (Lipinski definition) is 8. The molecule has 1 aliphatic rings. The molecule has 2 aromatic carbocycles. The normalized spacial score (nSPS) is 23.8. The molecule has 1 heterocycles. The Morgan fingerprint density at radius 2 is 1.55 bits per heavy atom. The lowest BCUT2D eigenvalue weighted by molar-refractivity contribution is -0.260. The molecular weight excluding hydrogens is 380 g/mol. The van der Waals surface area contributed by atoms with Gasteiger partial charge in [-0.1, -0.05) is 18.2 Å². The van der Waals surface area contributed by atoms with Gasteiger partial charge in [-0.05, 0) is 36.4 Å². The number of aliphatic hydroxyl groups is 1. The average molecular weight is 402 g/mol. The summed E-state index contributed by atoms with van der Waals surface area (Å²) in [4.78, 5) is 24.8. The molecule has 8 heteroatoms. The molecule has 0 amide bonds. The molecule has 4 atom stereocenters. The summed E-state index contributed by atoms with van der Waals surface area (Å²) >= 11 is 0. The largest absolute Gasteiger partial charge is 0.497 e. The molecule has 0 radical (unpaired) electrons. The van der Waals surface area contributed by atoms with E-state index in [0.717, 1.165) is 0 Å². The molecule has 0 aromatic heterocycles. The lowest BCUT2D eigenvalue weighted by atomic mass is 10.0. The van der Waals surface area contributed by atoms with Crippen LogP contribution in [0.4, 0.5) is 0 Å². The number of carbonyl (C=O) groups excluding carboxylic acids is 2. The third-order valence-corrected chi connectivity index (χ3v) is 4.48. The molecule has 0 spiro atoms. The zero-order valence-corrected chi connectivity index (χ0v) is 16.0. The lowest BCUT2D eigenvalue weighted by Gasteiger charge is -2.38. The topological polar surface area (TPSA) is 101 Å². The third kappa shape index (κ3) is 4.92. The van der Waals surface area contributed by atoms with Crippen LogP contribution in [-0.4, -0.2) is 62.5 Å². The molecular formula is C21H22O8. The molecule has 0 unspecified atom stereocenters. The van der Waals surface area contributed by atoms with Crippen LogP contribution in [0.3, 0.4) is 0 Å². The van der Waals surface area contributed by atoms with Gasteiger partial charge in [0.2, 0.25) is 0 Å². The summed E-state index contributed by atoms with van der Waals surface area (Å²) in [5, 5.41) is 10.7. The van der Waals surface area contributed by atoms with Crippen LogP contribution in [0.5, 0.6) is 5.75 Å². The van der Waals surface area contributed by atoms with Crippen molar-refractivity contribution >= 4 is 11.9 Å². The van der Waals surface area contributed by atoms with Gasteiger partial charge in [0.1, 0.15) is 11.9 Å². The van der Waals surface area contributed by atoms with Gasteiger partial charge in [0, 0.05) is 7.11 Å². The number of aliphatic hydroxyl groups excluding tert-OH is 1. The van der Waals surface area contributed by atoms with Crippen molar-refractivity contribution in [3.8, 4) is 5.75 Å². The van der Waals surface area contributed by atoms with E-state index in [-0.39, 0.29) is 12.2 Å². The van der Waals surface area contributed by atoms with Gasteiger partial charge in [0.15, 0.2) is 18.5 Å². The number of esters is 2. The molecule has 1 N–H and O–H groups in total. The molecule has 29 heavy (non-hydrogen) atoms. The summed E-state index contributed by atoms with van der Waals surface area (Å²) in [5.74, 6) is -0.711.